The minimum absolute atomic E-state index is 0.805. The van der Waals surface area contributed by atoms with E-state index in [0.717, 1.165) is 35.5 Å². The predicted molar refractivity (Wildman–Crippen MR) is 106 cm³/mol. The lowest BCUT2D eigenvalue weighted by molar-refractivity contribution is 0.275. The van der Waals surface area contributed by atoms with E-state index in [2.05, 4.69) is 38.4 Å². The Kier molecular flexibility index (Phi) is 11.7. The van der Waals surface area contributed by atoms with E-state index in [1.165, 1.54) is 0 Å². The zero-order chi connectivity index (χ0) is 20.0. The molecule has 6 heteroatoms. The fourth-order valence-corrected chi connectivity index (χ4v) is 1.97. The van der Waals surface area contributed by atoms with Crippen LogP contribution in [-0.4, -0.2) is 14.7 Å². The third-order valence-corrected chi connectivity index (χ3v) is 2.89. The lowest BCUT2D eigenvalue weighted by Crippen LogP contribution is -1.93. The van der Waals surface area contributed by atoms with Crippen molar-refractivity contribution < 1.29 is 24.0 Å². The van der Waals surface area contributed by atoms with Crippen molar-refractivity contribution in [1.29, 1.82) is 0 Å². The zero-order valence-corrected chi connectivity index (χ0v) is 15.5. The third kappa shape index (κ3) is 10.4. The number of hydrogen-bond donors (Lipinski definition) is 3. The van der Waals surface area contributed by atoms with Crippen molar-refractivity contribution in [3.63, 3.8) is 0 Å². The van der Waals surface area contributed by atoms with Gasteiger partial charge in [0.2, 0.25) is 0 Å². The molecular formula is C20H25O5P. The van der Waals surface area contributed by atoms with Gasteiger partial charge in [0, 0.05) is 0 Å². The quantitative estimate of drug-likeness (QED) is 0.497. The highest BCUT2D eigenvalue weighted by Crippen LogP contribution is 2.29. The van der Waals surface area contributed by atoms with E-state index in [-0.39, 0.29) is 0 Å². The van der Waals surface area contributed by atoms with Gasteiger partial charge in [-0.2, -0.15) is 0 Å². The van der Waals surface area contributed by atoms with E-state index in [0.29, 0.717) is 0 Å². The van der Waals surface area contributed by atoms with E-state index in [1.54, 1.807) is 0 Å². The van der Waals surface area contributed by atoms with Gasteiger partial charge < -0.3 is 19.4 Å². The Hall–Kier alpha value is -2.43. The minimum atomic E-state index is -4.64. The first kappa shape index (κ1) is 23.6. The first-order valence-corrected chi connectivity index (χ1v) is 9.25. The molecule has 26 heavy (non-hydrogen) atoms. The second kappa shape index (κ2) is 12.9. The van der Waals surface area contributed by atoms with E-state index < -0.39 is 7.82 Å². The molecule has 0 saturated heterocycles. The highest BCUT2D eigenvalue weighted by Gasteiger charge is 2.06. The molecule has 0 fully saturated rings. The molecule has 0 bridgehead atoms. The van der Waals surface area contributed by atoms with Crippen molar-refractivity contribution >= 4 is 7.82 Å². The van der Waals surface area contributed by atoms with Crippen LogP contribution in [0.5, 0.6) is 11.5 Å². The second-order valence-corrected chi connectivity index (χ2v) is 5.84. The van der Waals surface area contributed by atoms with Crippen LogP contribution < -0.4 is 4.74 Å². The van der Waals surface area contributed by atoms with E-state index in [4.69, 9.17) is 24.0 Å². The molecule has 0 aliphatic rings. The molecule has 2 aromatic rings. The molecule has 0 amide bonds. The summed E-state index contributed by atoms with van der Waals surface area (Å²) in [5, 5.41) is 0. The lowest BCUT2D eigenvalue weighted by atomic mass is 10.1. The molecule has 2 aromatic carbocycles. The lowest BCUT2D eigenvalue weighted by Gasteiger charge is -2.12. The van der Waals surface area contributed by atoms with Gasteiger partial charge in [0.15, 0.2) is 0 Å². The van der Waals surface area contributed by atoms with Crippen LogP contribution in [0.3, 0.4) is 0 Å². The fraction of sp³-hybridized carbons (Fsp3) is 0.100. The van der Waals surface area contributed by atoms with Gasteiger partial charge in [-0.05, 0) is 36.1 Å². The molecule has 0 aliphatic heterocycles. The van der Waals surface area contributed by atoms with Gasteiger partial charge in [0.05, 0.1) is 0 Å². The highest BCUT2D eigenvalue weighted by molar-refractivity contribution is 7.45. The first-order valence-electron chi connectivity index (χ1n) is 7.69. The van der Waals surface area contributed by atoms with Gasteiger partial charge in [0.25, 0.3) is 0 Å². The normalized spacial score (nSPS) is 9.65. The molecule has 0 aliphatic carbocycles. The minimum Gasteiger partial charge on any atom is -0.457 e. The predicted octanol–water partition coefficient (Wildman–Crippen LogP) is 4.81. The summed E-state index contributed by atoms with van der Waals surface area (Å²) in [5.74, 6) is 1.78. The average molecular weight is 376 g/mol. The number of allylic oxidation sites excluding steroid dienone is 2. The third-order valence-electron chi connectivity index (χ3n) is 2.89. The smallest absolute Gasteiger partial charge is 0.457 e. The Bertz CT molecular complexity index is 677. The van der Waals surface area contributed by atoms with Crippen LogP contribution in [0.1, 0.15) is 11.1 Å². The van der Waals surface area contributed by atoms with E-state index >= 15 is 0 Å². The van der Waals surface area contributed by atoms with Gasteiger partial charge >= 0.3 is 7.82 Å². The SMILES string of the molecule is C=C.C=CCc1ccccc1Oc1ccccc1CC=C.O=P(O)(O)O. The Labute approximate surface area is 154 Å². The Morgan fingerprint density at radius 2 is 1.12 bits per heavy atom. The number of benzene rings is 2. The molecule has 0 radical (unpaired) electrons. The topological polar surface area (TPSA) is 87.0 Å². The van der Waals surface area contributed by atoms with Gasteiger partial charge in [-0.1, -0.05) is 48.6 Å². The molecule has 0 aromatic heterocycles. The summed E-state index contributed by atoms with van der Waals surface area (Å²) in [6.45, 7) is 13.6. The molecule has 0 heterocycles. The van der Waals surface area contributed by atoms with E-state index in [1.807, 2.05) is 48.6 Å². The summed E-state index contributed by atoms with van der Waals surface area (Å²) in [6.07, 6.45) is 5.38. The molecule has 0 unspecified atom stereocenters. The van der Waals surface area contributed by atoms with Crippen LogP contribution >= 0.6 is 7.82 Å². The number of phosphoric acid groups is 1. The molecule has 5 nitrogen and oxygen atoms in total. The second-order valence-electron chi connectivity index (χ2n) is 4.82. The molecule has 140 valence electrons. The summed E-state index contributed by atoms with van der Waals surface area (Å²) in [7, 11) is -4.64. The number of ether oxygens (including phenoxy) is 1. The van der Waals surface area contributed by atoms with Gasteiger partial charge in [0.1, 0.15) is 11.5 Å². The monoisotopic (exact) mass is 376 g/mol. The summed E-state index contributed by atoms with van der Waals surface area (Å²) < 4.78 is 14.9. The Balaban J connectivity index is 0.000000772. The fourth-order valence-electron chi connectivity index (χ4n) is 1.97. The van der Waals surface area contributed by atoms with Crippen LogP contribution in [0.15, 0.2) is 87.0 Å². The van der Waals surface area contributed by atoms with Crippen molar-refractivity contribution in [1.82, 2.24) is 0 Å². The Morgan fingerprint density at radius 1 is 0.808 bits per heavy atom. The summed E-state index contributed by atoms with van der Waals surface area (Å²) in [4.78, 5) is 21.6. The van der Waals surface area contributed by atoms with Gasteiger partial charge in [-0.25, -0.2) is 4.57 Å². The van der Waals surface area contributed by atoms with Crippen LogP contribution in [0.2, 0.25) is 0 Å². The maximum Gasteiger partial charge on any atom is 0.466 e. The number of hydrogen-bond acceptors (Lipinski definition) is 2. The maximum absolute atomic E-state index is 8.88. The van der Waals surface area contributed by atoms with Crippen molar-refractivity contribution in [2.45, 2.75) is 12.8 Å². The first-order chi connectivity index (χ1) is 12.3. The Morgan fingerprint density at radius 3 is 1.42 bits per heavy atom. The van der Waals surface area contributed by atoms with Crippen molar-refractivity contribution in [2.75, 3.05) is 0 Å². The number of rotatable bonds is 6. The molecular weight excluding hydrogens is 351 g/mol. The van der Waals surface area contributed by atoms with Crippen LogP contribution in [0, 0.1) is 0 Å². The van der Waals surface area contributed by atoms with Crippen LogP contribution in [0.4, 0.5) is 0 Å². The molecule has 3 N–H and O–H groups in total. The van der Waals surface area contributed by atoms with Gasteiger partial charge in [-0.3, -0.25) is 0 Å². The van der Waals surface area contributed by atoms with Crippen molar-refractivity contribution in [3.8, 4) is 11.5 Å². The molecule has 2 rings (SSSR count). The van der Waals surface area contributed by atoms with Crippen molar-refractivity contribution in [3.05, 3.63) is 98.1 Å². The average Bonchev–Trinajstić information content (AvgIpc) is 2.59. The highest BCUT2D eigenvalue weighted by atomic mass is 31.2. The van der Waals surface area contributed by atoms with E-state index in [9.17, 15) is 0 Å². The summed E-state index contributed by atoms with van der Waals surface area (Å²) in [6, 6.07) is 16.1. The molecule has 0 saturated carbocycles. The molecule has 0 spiro atoms. The maximum atomic E-state index is 8.88. The largest absolute Gasteiger partial charge is 0.466 e. The summed E-state index contributed by atoms with van der Waals surface area (Å²) in [5.41, 5.74) is 2.29. The standard InChI is InChI=1S/C18H18O.C2H4.H3O4P/c1-3-9-15-11-5-7-13-17(15)19-18-14-8-6-12-16(18)10-4-2;1-2;1-5(2,3)4/h3-8,11-14H,1-2,9-10H2;1-2H2;(H3,1,2,3,4). The van der Waals surface area contributed by atoms with Crippen LogP contribution in [-0.2, 0) is 17.4 Å². The zero-order valence-electron chi connectivity index (χ0n) is 14.6. The van der Waals surface area contributed by atoms with Crippen LogP contribution in [0.25, 0.3) is 0 Å². The van der Waals surface area contributed by atoms with Gasteiger partial charge in [-0.15, -0.1) is 26.3 Å². The molecule has 0 atom stereocenters. The number of para-hydroxylation sites is 2. The van der Waals surface area contributed by atoms with Crippen molar-refractivity contribution in [2.24, 2.45) is 0 Å². The summed E-state index contributed by atoms with van der Waals surface area (Å²) >= 11 is 0.